The van der Waals surface area contributed by atoms with Crippen LogP contribution in [0.15, 0.2) is 36.8 Å². The van der Waals surface area contributed by atoms with Gasteiger partial charge in [0.15, 0.2) is 0 Å². The Hall–Kier alpha value is -2.48. The number of fused-ring (bicyclic) bond motifs is 2. The van der Waals surface area contributed by atoms with Crippen LogP contribution in [-0.2, 0) is 13.0 Å². The van der Waals surface area contributed by atoms with Crippen molar-refractivity contribution in [3.05, 3.63) is 53.6 Å². The van der Waals surface area contributed by atoms with Gasteiger partial charge in [0.05, 0.1) is 11.7 Å². The molecule has 0 bridgehead atoms. The van der Waals surface area contributed by atoms with Crippen molar-refractivity contribution in [3.63, 3.8) is 0 Å². The lowest BCUT2D eigenvalue weighted by atomic mass is 9.99. The van der Waals surface area contributed by atoms with Crippen molar-refractivity contribution < 1.29 is 14.9 Å². The van der Waals surface area contributed by atoms with Crippen molar-refractivity contribution in [3.8, 4) is 5.75 Å². The summed E-state index contributed by atoms with van der Waals surface area (Å²) in [5.74, 6) is 0.807. The molecule has 1 aliphatic heterocycles. The molecule has 3 heterocycles. The van der Waals surface area contributed by atoms with Crippen molar-refractivity contribution in [2.24, 2.45) is 0 Å². The number of ether oxygens (including phenoxy) is 1. The number of likely N-dealkylation sites (N-methyl/N-ethyl adjacent to an activating group) is 1. The maximum atomic E-state index is 10.8. The summed E-state index contributed by atoms with van der Waals surface area (Å²) in [6.07, 6.45) is 2.59. The van der Waals surface area contributed by atoms with Crippen LogP contribution in [-0.4, -0.2) is 61.6 Å². The van der Waals surface area contributed by atoms with Gasteiger partial charge in [0, 0.05) is 36.7 Å². The van der Waals surface area contributed by atoms with E-state index in [-0.39, 0.29) is 6.04 Å². The van der Waals surface area contributed by atoms with Crippen LogP contribution in [0, 0.1) is 6.92 Å². The van der Waals surface area contributed by atoms with Gasteiger partial charge in [0.25, 0.3) is 0 Å². The molecule has 2 aromatic heterocycles. The monoisotopic (exact) mass is 394 g/mol. The summed E-state index contributed by atoms with van der Waals surface area (Å²) >= 11 is 0. The number of rotatable bonds is 3. The SMILES string of the molecule is Cc1ncnc2c1ccn2C1CC(Oc2cccc3c2CN(C)CC3)[C@@H](O)[C@H]1O. The van der Waals surface area contributed by atoms with E-state index in [1.807, 2.05) is 35.9 Å². The van der Waals surface area contributed by atoms with Crippen LogP contribution in [0.5, 0.6) is 5.75 Å². The van der Waals surface area contributed by atoms with E-state index < -0.39 is 18.3 Å². The van der Waals surface area contributed by atoms with Gasteiger partial charge in [-0.05, 0) is 38.1 Å². The molecule has 2 unspecified atom stereocenters. The zero-order chi connectivity index (χ0) is 20.1. The number of hydrogen-bond acceptors (Lipinski definition) is 6. The summed E-state index contributed by atoms with van der Waals surface area (Å²) in [6, 6.07) is 7.77. The Kier molecular flexibility index (Phi) is 4.53. The quantitative estimate of drug-likeness (QED) is 0.705. The van der Waals surface area contributed by atoms with E-state index in [1.54, 1.807) is 0 Å². The van der Waals surface area contributed by atoms with Crippen molar-refractivity contribution >= 4 is 11.0 Å². The predicted molar refractivity (Wildman–Crippen MR) is 109 cm³/mol. The Balaban J connectivity index is 1.43. The van der Waals surface area contributed by atoms with Gasteiger partial charge in [-0.3, -0.25) is 0 Å². The molecule has 29 heavy (non-hydrogen) atoms. The lowest BCUT2D eigenvalue weighted by Gasteiger charge is -2.28. The number of aliphatic hydroxyl groups excluding tert-OH is 2. The highest BCUT2D eigenvalue weighted by Gasteiger charge is 2.44. The number of aryl methyl sites for hydroxylation is 1. The summed E-state index contributed by atoms with van der Waals surface area (Å²) < 4.78 is 8.23. The molecule has 0 radical (unpaired) electrons. The molecule has 5 rings (SSSR count). The highest BCUT2D eigenvalue weighted by molar-refractivity contribution is 5.78. The second kappa shape index (κ2) is 7.09. The molecule has 2 N–H and O–H groups in total. The third-order valence-corrected chi connectivity index (χ3v) is 6.36. The van der Waals surface area contributed by atoms with Crippen LogP contribution in [0.3, 0.4) is 0 Å². The van der Waals surface area contributed by atoms with Gasteiger partial charge in [-0.25, -0.2) is 9.97 Å². The standard InChI is InChI=1S/C22H26N4O3/c1-13-15-7-9-26(22(15)24-12-23-13)17-10-19(21(28)20(17)27)29-18-5-3-4-14-6-8-25(2)11-16(14)18/h3-5,7,9,12,17,19-21,27-28H,6,8,10-11H2,1-2H3/t17?,19?,20-,21+/m0/s1. The van der Waals surface area contributed by atoms with Crippen LogP contribution < -0.4 is 4.74 Å². The molecular formula is C22H26N4O3. The first-order chi connectivity index (χ1) is 14.0. The molecule has 0 saturated heterocycles. The molecule has 1 fully saturated rings. The average Bonchev–Trinajstić information content (AvgIpc) is 3.26. The van der Waals surface area contributed by atoms with E-state index >= 15 is 0 Å². The highest BCUT2D eigenvalue weighted by atomic mass is 16.5. The number of aromatic nitrogens is 3. The molecule has 1 saturated carbocycles. The fraction of sp³-hybridized carbons (Fsp3) is 0.455. The van der Waals surface area contributed by atoms with Crippen LogP contribution in [0.4, 0.5) is 0 Å². The second-order valence-electron chi connectivity index (χ2n) is 8.24. The Morgan fingerprint density at radius 1 is 1.14 bits per heavy atom. The Labute approximate surface area is 169 Å². The Bertz CT molecular complexity index is 1050. The third kappa shape index (κ3) is 3.10. The summed E-state index contributed by atoms with van der Waals surface area (Å²) in [7, 11) is 2.10. The zero-order valence-electron chi connectivity index (χ0n) is 16.7. The minimum Gasteiger partial charge on any atom is -0.487 e. The van der Waals surface area contributed by atoms with E-state index in [9.17, 15) is 10.2 Å². The molecule has 4 atom stereocenters. The molecule has 2 aliphatic rings. The molecule has 7 nitrogen and oxygen atoms in total. The van der Waals surface area contributed by atoms with Crippen molar-refractivity contribution in [1.82, 2.24) is 19.4 Å². The van der Waals surface area contributed by atoms with Gasteiger partial charge in [-0.2, -0.15) is 0 Å². The molecule has 1 aliphatic carbocycles. The van der Waals surface area contributed by atoms with Crippen LogP contribution in [0.2, 0.25) is 0 Å². The largest absolute Gasteiger partial charge is 0.487 e. The Morgan fingerprint density at radius 2 is 2.00 bits per heavy atom. The first-order valence-corrected chi connectivity index (χ1v) is 10.1. The van der Waals surface area contributed by atoms with Gasteiger partial charge >= 0.3 is 0 Å². The lowest BCUT2D eigenvalue weighted by molar-refractivity contribution is -0.0167. The number of nitrogens with zero attached hydrogens (tertiary/aromatic N) is 4. The highest BCUT2D eigenvalue weighted by Crippen LogP contribution is 2.37. The van der Waals surface area contributed by atoms with Gasteiger partial charge < -0.3 is 24.4 Å². The van der Waals surface area contributed by atoms with Crippen molar-refractivity contribution in [2.75, 3.05) is 13.6 Å². The molecule has 3 aromatic rings. The van der Waals surface area contributed by atoms with E-state index in [0.717, 1.165) is 42.0 Å². The van der Waals surface area contributed by atoms with Crippen molar-refractivity contribution in [2.45, 2.75) is 50.7 Å². The van der Waals surface area contributed by atoms with E-state index in [1.165, 1.54) is 17.5 Å². The average molecular weight is 394 g/mol. The minimum atomic E-state index is -0.961. The molecule has 152 valence electrons. The normalized spacial score (nSPS) is 27.3. The van der Waals surface area contributed by atoms with Gasteiger partial charge in [-0.15, -0.1) is 0 Å². The maximum Gasteiger partial charge on any atom is 0.143 e. The molecule has 1 aromatic carbocycles. The minimum absolute atomic E-state index is 0.302. The second-order valence-corrected chi connectivity index (χ2v) is 8.24. The summed E-state index contributed by atoms with van der Waals surface area (Å²) in [5, 5.41) is 22.5. The van der Waals surface area contributed by atoms with Crippen LogP contribution >= 0.6 is 0 Å². The lowest BCUT2D eigenvalue weighted by Crippen LogP contribution is -2.35. The first kappa shape index (κ1) is 18.5. The van der Waals surface area contributed by atoms with E-state index in [2.05, 4.69) is 28.0 Å². The topological polar surface area (TPSA) is 83.6 Å². The van der Waals surface area contributed by atoms with E-state index in [0.29, 0.717) is 6.42 Å². The third-order valence-electron chi connectivity index (χ3n) is 6.36. The fourth-order valence-corrected chi connectivity index (χ4v) is 4.68. The molecular weight excluding hydrogens is 368 g/mol. The molecule has 7 heteroatoms. The maximum absolute atomic E-state index is 10.8. The smallest absolute Gasteiger partial charge is 0.143 e. The zero-order valence-corrected chi connectivity index (χ0v) is 16.7. The first-order valence-electron chi connectivity index (χ1n) is 10.1. The summed E-state index contributed by atoms with van der Waals surface area (Å²) in [5.41, 5.74) is 4.15. The van der Waals surface area contributed by atoms with Crippen LogP contribution in [0.1, 0.15) is 29.3 Å². The molecule has 0 spiro atoms. The number of hydrogen-bond donors (Lipinski definition) is 2. The fourth-order valence-electron chi connectivity index (χ4n) is 4.68. The summed E-state index contributed by atoms with van der Waals surface area (Å²) in [6.45, 7) is 3.81. The predicted octanol–water partition coefficient (Wildman–Crippen LogP) is 1.84. The Morgan fingerprint density at radius 3 is 2.86 bits per heavy atom. The van der Waals surface area contributed by atoms with Gasteiger partial charge in [0.1, 0.15) is 36.0 Å². The molecule has 0 amide bonds. The van der Waals surface area contributed by atoms with Gasteiger partial charge in [-0.1, -0.05) is 12.1 Å². The van der Waals surface area contributed by atoms with Crippen LogP contribution in [0.25, 0.3) is 11.0 Å². The summed E-state index contributed by atoms with van der Waals surface area (Å²) in [4.78, 5) is 10.9. The van der Waals surface area contributed by atoms with Gasteiger partial charge in [0.2, 0.25) is 0 Å². The van der Waals surface area contributed by atoms with Crippen molar-refractivity contribution in [1.29, 1.82) is 0 Å². The number of benzene rings is 1. The van der Waals surface area contributed by atoms with E-state index in [4.69, 9.17) is 4.74 Å². The number of aliphatic hydroxyl groups is 2.